The molecule has 6 heteroatoms. The van der Waals surface area contributed by atoms with Crippen molar-refractivity contribution < 1.29 is 4.79 Å². The maximum atomic E-state index is 12.3. The van der Waals surface area contributed by atoms with E-state index in [4.69, 9.17) is 11.6 Å². The Labute approximate surface area is 135 Å². The highest BCUT2D eigenvalue weighted by Gasteiger charge is 2.13. The van der Waals surface area contributed by atoms with Gasteiger partial charge in [0.15, 0.2) is 0 Å². The molecule has 0 bridgehead atoms. The van der Waals surface area contributed by atoms with Crippen LogP contribution in [0.1, 0.15) is 30.0 Å². The number of halogens is 1. The van der Waals surface area contributed by atoms with Crippen molar-refractivity contribution in [3.63, 3.8) is 0 Å². The SMILES string of the molecule is CCN(CC)c1nc(C)cc(C(=O)Nc2ccc(Cl)cc2)n1. The van der Waals surface area contributed by atoms with Crippen LogP contribution in [-0.2, 0) is 0 Å². The van der Waals surface area contributed by atoms with Crippen molar-refractivity contribution in [2.75, 3.05) is 23.3 Å². The van der Waals surface area contributed by atoms with Gasteiger partial charge < -0.3 is 10.2 Å². The van der Waals surface area contributed by atoms with Crippen molar-refractivity contribution in [2.45, 2.75) is 20.8 Å². The van der Waals surface area contributed by atoms with Gasteiger partial charge in [-0.25, -0.2) is 9.97 Å². The van der Waals surface area contributed by atoms with Crippen LogP contribution in [0.5, 0.6) is 0 Å². The number of anilines is 2. The lowest BCUT2D eigenvalue weighted by Crippen LogP contribution is -2.26. The second-order valence-electron chi connectivity index (χ2n) is 4.83. The number of amides is 1. The van der Waals surface area contributed by atoms with Gasteiger partial charge >= 0.3 is 0 Å². The number of hydrogen-bond acceptors (Lipinski definition) is 4. The Kier molecular flexibility index (Phi) is 5.33. The Morgan fingerprint density at radius 3 is 2.41 bits per heavy atom. The number of aryl methyl sites for hydroxylation is 1. The fourth-order valence-electron chi connectivity index (χ4n) is 2.05. The lowest BCUT2D eigenvalue weighted by molar-refractivity contribution is 0.102. The number of hydrogen-bond donors (Lipinski definition) is 1. The molecule has 22 heavy (non-hydrogen) atoms. The molecule has 1 heterocycles. The number of aromatic nitrogens is 2. The largest absolute Gasteiger partial charge is 0.341 e. The van der Waals surface area contributed by atoms with Crippen molar-refractivity contribution in [1.29, 1.82) is 0 Å². The molecule has 0 saturated heterocycles. The monoisotopic (exact) mass is 318 g/mol. The number of nitrogens with one attached hydrogen (secondary N) is 1. The summed E-state index contributed by atoms with van der Waals surface area (Å²) in [4.78, 5) is 23.1. The summed E-state index contributed by atoms with van der Waals surface area (Å²) in [6.07, 6.45) is 0. The maximum absolute atomic E-state index is 12.3. The van der Waals surface area contributed by atoms with E-state index in [9.17, 15) is 4.79 Å². The third kappa shape index (κ3) is 3.95. The molecule has 0 spiro atoms. The van der Waals surface area contributed by atoms with E-state index in [-0.39, 0.29) is 5.91 Å². The number of benzene rings is 1. The van der Waals surface area contributed by atoms with E-state index >= 15 is 0 Å². The van der Waals surface area contributed by atoms with Crippen LogP contribution < -0.4 is 10.2 Å². The zero-order chi connectivity index (χ0) is 16.1. The Bertz CT molecular complexity index is 654. The van der Waals surface area contributed by atoms with Gasteiger partial charge in [-0.15, -0.1) is 0 Å². The zero-order valence-electron chi connectivity index (χ0n) is 12.9. The maximum Gasteiger partial charge on any atom is 0.274 e. The fraction of sp³-hybridized carbons (Fsp3) is 0.312. The van der Waals surface area contributed by atoms with Crippen molar-refractivity contribution in [2.24, 2.45) is 0 Å². The molecule has 0 saturated carbocycles. The Hall–Kier alpha value is -2.14. The Balaban J connectivity index is 2.23. The van der Waals surface area contributed by atoms with E-state index in [0.717, 1.165) is 18.8 Å². The van der Waals surface area contributed by atoms with Gasteiger partial charge in [0.2, 0.25) is 5.95 Å². The van der Waals surface area contributed by atoms with Gasteiger partial charge in [0, 0.05) is 29.5 Å². The molecule has 1 aromatic carbocycles. The number of carbonyl (C=O) groups excluding carboxylic acids is 1. The first-order valence-electron chi connectivity index (χ1n) is 7.21. The first-order valence-corrected chi connectivity index (χ1v) is 7.58. The molecule has 0 radical (unpaired) electrons. The molecule has 0 aliphatic heterocycles. The van der Waals surface area contributed by atoms with Gasteiger partial charge in [0.1, 0.15) is 5.69 Å². The van der Waals surface area contributed by atoms with Crippen LogP contribution in [0, 0.1) is 6.92 Å². The van der Waals surface area contributed by atoms with E-state index < -0.39 is 0 Å². The quantitative estimate of drug-likeness (QED) is 0.916. The van der Waals surface area contributed by atoms with Crippen LogP contribution >= 0.6 is 11.6 Å². The highest BCUT2D eigenvalue weighted by Crippen LogP contribution is 2.15. The van der Waals surface area contributed by atoms with Gasteiger partial charge in [-0.2, -0.15) is 0 Å². The molecule has 0 atom stereocenters. The summed E-state index contributed by atoms with van der Waals surface area (Å²) in [5.41, 5.74) is 1.79. The van der Waals surface area contributed by atoms with Gasteiger partial charge in [-0.3, -0.25) is 4.79 Å². The number of carbonyl (C=O) groups is 1. The van der Waals surface area contributed by atoms with Crippen LogP contribution in [0.25, 0.3) is 0 Å². The highest BCUT2D eigenvalue weighted by molar-refractivity contribution is 6.30. The van der Waals surface area contributed by atoms with Gasteiger partial charge in [-0.1, -0.05) is 11.6 Å². The molecule has 116 valence electrons. The molecule has 1 N–H and O–H groups in total. The summed E-state index contributed by atoms with van der Waals surface area (Å²) in [5, 5.41) is 3.43. The Morgan fingerprint density at radius 1 is 1.18 bits per heavy atom. The molecule has 0 fully saturated rings. The van der Waals surface area contributed by atoms with Crippen molar-refractivity contribution in [3.8, 4) is 0 Å². The molecule has 0 unspecified atom stereocenters. The molecule has 1 amide bonds. The second-order valence-corrected chi connectivity index (χ2v) is 5.26. The van der Waals surface area contributed by atoms with Gasteiger partial charge in [0.05, 0.1) is 0 Å². The second kappa shape index (κ2) is 7.22. The third-order valence-electron chi connectivity index (χ3n) is 3.22. The van der Waals surface area contributed by atoms with Gasteiger partial charge in [-0.05, 0) is 51.1 Å². The van der Waals surface area contributed by atoms with Crippen molar-refractivity contribution >= 4 is 29.1 Å². The molecule has 2 rings (SSSR count). The topological polar surface area (TPSA) is 58.1 Å². The van der Waals surface area contributed by atoms with E-state index in [0.29, 0.717) is 22.4 Å². The molecule has 0 aliphatic rings. The molecular formula is C16H19ClN4O. The minimum atomic E-state index is -0.263. The lowest BCUT2D eigenvalue weighted by Gasteiger charge is -2.19. The first kappa shape index (κ1) is 16.2. The minimum absolute atomic E-state index is 0.263. The van der Waals surface area contributed by atoms with E-state index in [1.807, 2.05) is 25.7 Å². The zero-order valence-corrected chi connectivity index (χ0v) is 13.7. The Morgan fingerprint density at radius 2 is 1.82 bits per heavy atom. The molecule has 0 aliphatic carbocycles. The van der Waals surface area contributed by atoms with E-state index in [1.165, 1.54) is 0 Å². The van der Waals surface area contributed by atoms with Crippen molar-refractivity contribution in [1.82, 2.24) is 9.97 Å². The fourth-order valence-corrected chi connectivity index (χ4v) is 2.17. The van der Waals surface area contributed by atoms with Crippen LogP contribution in [0.3, 0.4) is 0 Å². The minimum Gasteiger partial charge on any atom is -0.341 e. The number of rotatable bonds is 5. The third-order valence-corrected chi connectivity index (χ3v) is 3.48. The predicted molar refractivity (Wildman–Crippen MR) is 89.7 cm³/mol. The highest BCUT2D eigenvalue weighted by atomic mass is 35.5. The summed E-state index contributed by atoms with van der Waals surface area (Å²) in [7, 11) is 0. The van der Waals surface area contributed by atoms with Crippen LogP contribution in [-0.4, -0.2) is 29.0 Å². The van der Waals surface area contributed by atoms with Crippen LogP contribution in [0.4, 0.5) is 11.6 Å². The molecule has 2 aromatic rings. The molecule has 5 nitrogen and oxygen atoms in total. The summed E-state index contributed by atoms with van der Waals surface area (Å²) in [5.74, 6) is 0.312. The summed E-state index contributed by atoms with van der Waals surface area (Å²) >= 11 is 5.83. The molecular weight excluding hydrogens is 300 g/mol. The lowest BCUT2D eigenvalue weighted by atomic mass is 10.3. The number of nitrogens with zero attached hydrogens (tertiary/aromatic N) is 3. The standard InChI is InChI=1S/C16H19ClN4O/c1-4-21(5-2)16-18-11(3)10-14(20-16)15(22)19-13-8-6-12(17)7-9-13/h6-10H,4-5H2,1-3H3,(H,19,22). The smallest absolute Gasteiger partial charge is 0.274 e. The summed E-state index contributed by atoms with van der Waals surface area (Å²) in [6.45, 7) is 7.50. The summed E-state index contributed by atoms with van der Waals surface area (Å²) in [6, 6.07) is 8.63. The first-order chi connectivity index (χ1) is 10.5. The van der Waals surface area contributed by atoms with Crippen LogP contribution in [0.2, 0.25) is 5.02 Å². The predicted octanol–water partition coefficient (Wildman–Crippen LogP) is 3.54. The van der Waals surface area contributed by atoms with E-state index in [1.54, 1.807) is 30.3 Å². The average Bonchev–Trinajstić information content (AvgIpc) is 2.50. The molecule has 1 aromatic heterocycles. The van der Waals surface area contributed by atoms with Gasteiger partial charge in [0.25, 0.3) is 5.91 Å². The van der Waals surface area contributed by atoms with Crippen LogP contribution in [0.15, 0.2) is 30.3 Å². The van der Waals surface area contributed by atoms with Crippen molar-refractivity contribution in [3.05, 3.63) is 46.7 Å². The normalized spacial score (nSPS) is 10.4. The summed E-state index contributed by atoms with van der Waals surface area (Å²) < 4.78 is 0. The average molecular weight is 319 g/mol. The van der Waals surface area contributed by atoms with E-state index in [2.05, 4.69) is 15.3 Å².